The van der Waals surface area contributed by atoms with E-state index in [4.69, 9.17) is 9.15 Å². The van der Waals surface area contributed by atoms with Crippen LogP contribution in [0.3, 0.4) is 0 Å². The molecule has 0 unspecified atom stereocenters. The van der Waals surface area contributed by atoms with Crippen LogP contribution in [0.2, 0.25) is 0 Å². The normalized spacial score (nSPS) is 15.3. The molecule has 1 aromatic carbocycles. The van der Waals surface area contributed by atoms with Crippen molar-refractivity contribution in [3.63, 3.8) is 0 Å². The first-order valence-electron chi connectivity index (χ1n) is 9.98. The first-order chi connectivity index (χ1) is 14.5. The van der Waals surface area contributed by atoms with E-state index < -0.39 is 6.04 Å². The van der Waals surface area contributed by atoms with E-state index in [0.717, 1.165) is 0 Å². The second kappa shape index (κ2) is 9.96. The van der Waals surface area contributed by atoms with Gasteiger partial charge in [-0.3, -0.25) is 14.4 Å². The number of benzene rings is 1. The monoisotopic (exact) mass is 413 g/mol. The van der Waals surface area contributed by atoms with E-state index >= 15 is 0 Å². The van der Waals surface area contributed by atoms with Gasteiger partial charge >= 0.3 is 0 Å². The Labute approximate surface area is 175 Å². The zero-order valence-electron chi connectivity index (χ0n) is 17.2. The third kappa shape index (κ3) is 5.40. The molecule has 30 heavy (non-hydrogen) atoms. The minimum absolute atomic E-state index is 0.0210. The van der Waals surface area contributed by atoms with Gasteiger partial charge in [-0.2, -0.15) is 0 Å². The number of hydrogen-bond acceptors (Lipinski definition) is 5. The van der Waals surface area contributed by atoms with E-state index in [2.05, 4.69) is 10.6 Å². The van der Waals surface area contributed by atoms with Gasteiger partial charge in [0.1, 0.15) is 17.6 Å². The molecule has 3 amide bonds. The summed E-state index contributed by atoms with van der Waals surface area (Å²) in [5.41, 5.74) is 0.416. The SMILES string of the molecule is COc1cccc(C(=O)N[C@@H](C(=O)NCc2ccco2)C2CCN(C(C)=O)CC2)c1. The molecule has 0 radical (unpaired) electrons. The number of hydrogen-bond donors (Lipinski definition) is 2. The van der Waals surface area contributed by atoms with Crippen molar-refractivity contribution in [2.24, 2.45) is 5.92 Å². The number of rotatable bonds is 7. The molecule has 0 saturated carbocycles. The molecule has 2 heterocycles. The van der Waals surface area contributed by atoms with Crippen LogP contribution < -0.4 is 15.4 Å². The quantitative estimate of drug-likeness (QED) is 0.723. The van der Waals surface area contributed by atoms with Crippen LogP contribution in [-0.2, 0) is 16.1 Å². The van der Waals surface area contributed by atoms with Crippen molar-refractivity contribution in [3.8, 4) is 5.75 Å². The predicted octanol–water partition coefficient (Wildman–Crippen LogP) is 1.96. The molecule has 1 aromatic heterocycles. The summed E-state index contributed by atoms with van der Waals surface area (Å²) in [6, 6.07) is 9.59. The molecule has 2 N–H and O–H groups in total. The second-order valence-electron chi connectivity index (χ2n) is 7.32. The van der Waals surface area contributed by atoms with Crippen LogP contribution in [-0.4, -0.2) is 48.9 Å². The fraction of sp³-hybridized carbons (Fsp3) is 0.409. The largest absolute Gasteiger partial charge is 0.497 e. The maximum Gasteiger partial charge on any atom is 0.252 e. The number of carbonyl (C=O) groups is 3. The maximum absolute atomic E-state index is 13.0. The molecule has 1 atom stereocenters. The molecule has 0 spiro atoms. The molecule has 1 fully saturated rings. The van der Waals surface area contributed by atoms with Gasteiger partial charge in [-0.1, -0.05) is 6.07 Å². The van der Waals surface area contributed by atoms with Crippen molar-refractivity contribution >= 4 is 17.7 Å². The van der Waals surface area contributed by atoms with E-state index in [-0.39, 0.29) is 30.2 Å². The van der Waals surface area contributed by atoms with E-state index in [0.29, 0.717) is 43.0 Å². The minimum atomic E-state index is -0.715. The fourth-order valence-corrected chi connectivity index (χ4v) is 3.63. The van der Waals surface area contributed by atoms with Crippen molar-refractivity contribution in [2.75, 3.05) is 20.2 Å². The molecular weight excluding hydrogens is 386 g/mol. The highest BCUT2D eigenvalue weighted by Crippen LogP contribution is 2.22. The first kappa shape index (κ1) is 21.4. The number of nitrogens with one attached hydrogen (secondary N) is 2. The van der Waals surface area contributed by atoms with Gasteiger partial charge in [-0.15, -0.1) is 0 Å². The van der Waals surface area contributed by atoms with Gasteiger partial charge in [0.2, 0.25) is 11.8 Å². The van der Waals surface area contributed by atoms with Crippen LogP contribution in [0.15, 0.2) is 47.1 Å². The van der Waals surface area contributed by atoms with E-state index in [1.54, 1.807) is 54.5 Å². The van der Waals surface area contributed by atoms with Gasteiger partial charge in [0.05, 0.1) is 19.9 Å². The van der Waals surface area contributed by atoms with E-state index in [9.17, 15) is 14.4 Å². The summed E-state index contributed by atoms with van der Waals surface area (Å²) < 4.78 is 10.4. The molecule has 1 aliphatic heterocycles. The zero-order chi connectivity index (χ0) is 21.5. The van der Waals surface area contributed by atoms with Crippen LogP contribution in [0, 0.1) is 5.92 Å². The average Bonchev–Trinajstić information content (AvgIpc) is 3.29. The topological polar surface area (TPSA) is 101 Å². The lowest BCUT2D eigenvalue weighted by Crippen LogP contribution is -2.53. The number of ether oxygens (including phenoxy) is 1. The highest BCUT2D eigenvalue weighted by atomic mass is 16.5. The molecule has 1 aliphatic rings. The summed E-state index contributed by atoms with van der Waals surface area (Å²) in [7, 11) is 1.53. The van der Waals surface area contributed by atoms with Crippen molar-refractivity contribution in [2.45, 2.75) is 32.4 Å². The first-order valence-corrected chi connectivity index (χ1v) is 9.98. The predicted molar refractivity (Wildman–Crippen MR) is 110 cm³/mol. The molecule has 0 aliphatic carbocycles. The smallest absolute Gasteiger partial charge is 0.252 e. The zero-order valence-corrected chi connectivity index (χ0v) is 17.2. The molecule has 1 saturated heterocycles. The van der Waals surface area contributed by atoms with Gasteiger partial charge in [0.15, 0.2) is 0 Å². The third-order valence-electron chi connectivity index (χ3n) is 5.37. The van der Waals surface area contributed by atoms with E-state index in [1.165, 1.54) is 7.11 Å². The summed E-state index contributed by atoms with van der Waals surface area (Å²) in [5, 5.41) is 5.73. The van der Waals surface area contributed by atoms with Crippen molar-refractivity contribution in [1.82, 2.24) is 15.5 Å². The Morgan fingerprint density at radius 3 is 2.60 bits per heavy atom. The Morgan fingerprint density at radius 2 is 1.97 bits per heavy atom. The fourth-order valence-electron chi connectivity index (χ4n) is 3.63. The Balaban J connectivity index is 1.71. The molecule has 8 nitrogen and oxygen atoms in total. The van der Waals surface area contributed by atoms with Gasteiger partial charge in [0, 0.05) is 25.6 Å². The number of likely N-dealkylation sites (tertiary alicyclic amines) is 1. The number of amides is 3. The lowest BCUT2D eigenvalue weighted by Gasteiger charge is -2.35. The molecule has 0 bridgehead atoms. The third-order valence-corrected chi connectivity index (χ3v) is 5.37. The number of furan rings is 1. The lowest BCUT2D eigenvalue weighted by atomic mass is 9.88. The average molecular weight is 413 g/mol. The van der Waals surface area contributed by atoms with E-state index in [1.807, 2.05) is 0 Å². The molecule has 160 valence electrons. The number of piperidine rings is 1. The van der Waals surface area contributed by atoms with Gasteiger partial charge in [-0.25, -0.2) is 0 Å². The summed E-state index contributed by atoms with van der Waals surface area (Å²) in [6.07, 6.45) is 2.81. The summed E-state index contributed by atoms with van der Waals surface area (Å²) >= 11 is 0. The van der Waals surface area contributed by atoms with Crippen molar-refractivity contribution in [1.29, 1.82) is 0 Å². The Kier molecular flexibility index (Phi) is 7.11. The summed E-state index contributed by atoms with van der Waals surface area (Å²) in [6.45, 7) is 2.91. The Morgan fingerprint density at radius 1 is 1.20 bits per heavy atom. The molecular formula is C22H27N3O5. The number of nitrogens with zero attached hydrogens (tertiary/aromatic N) is 1. The molecule has 3 rings (SSSR count). The summed E-state index contributed by atoms with van der Waals surface area (Å²) in [5.74, 6) is 0.522. The van der Waals surface area contributed by atoms with Crippen LogP contribution >= 0.6 is 0 Å². The van der Waals surface area contributed by atoms with Crippen molar-refractivity contribution in [3.05, 3.63) is 54.0 Å². The molecule has 8 heteroatoms. The number of carbonyl (C=O) groups excluding carboxylic acids is 3. The molecule has 2 aromatic rings. The minimum Gasteiger partial charge on any atom is -0.497 e. The van der Waals surface area contributed by atoms with Crippen LogP contribution in [0.5, 0.6) is 5.75 Å². The second-order valence-corrected chi connectivity index (χ2v) is 7.32. The van der Waals surface area contributed by atoms with Crippen molar-refractivity contribution < 1.29 is 23.5 Å². The lowest BCUT2D eigenvalue weighted by molar-refractivity contribution is -0.130. The van der Waals surface area contributed by atoms with Crippen LogP contribution in [0.25, 0.3) is 0 Å². The van der Waals surface area contributed by atoms with Crippen LogP contribution in [0.1, 0.15) is 35.9 Å². The standard InChI is InChI=1S/C22H27N3O5/c1-15(26)25-10-8-16(9-11-25)20(22(28)23-14-19-7-4-12-30-19)24-21(27)17-5-3-6-18(13-17)29-2/h3-7,12-13,16,20H,8-11,14H2,1-2H3,(H,23,28)(H,24,27)/t20-/m1/s1. The van der Waals surface area contributed by atoms with Gasteiger partial charge < -0.3 is 24.7 Å². The number of methoxy groups -OCH3 is 1. The van der Waals surface area contributed by atoms with Crippen LogP contribution in [0.4, 0.5) is 0 Å². The highest BCUT2D eigenvalue weighted by Gasteiger charge is 2.33. The highest BCUT2D eigenvalue weighted by molar-refractivity contribution is 5.98. The van der Waals surface area contributed by atoms with Gasteiger partial charge in [-0.05, 0) is 49.1 Å². The Bertz CT molecular complexity index is 873. The Hall–Kier alpha value is -3.29. The maximum atomic E-state index is 13.0. The summed E-state index contributed by atoms with van der Waals surface area (Å²) in [4.78, 5) is 39.2. The van der Waals surface area contributed by atoms with Gasteiger partial charge in [0.25, 0.3) is 5.91 Å².